The van der Waals surface area contributed by atoms with Gasteiger partial charge in [-0.2, -0.15) is 0 Å². The van der Waals surface area contributed by atoms with Crippen LogP contribution in [0.1, 0.15) is 12.8 Å². The lowest BCUT2D eigenvalue weighted by atomic mass is 10.1. The Morgan fingerprint density at radius 1 is 1.31 bits per heavy atom. The molecule has 0 spiro atoms. The molecular weight excluding hydrogens is 178 g/mol. The maximum absolute atomic E-state index is 12.7. The maximum Gasteiger partial charge on any atom is 0.309 e. The number of halogens is 2. The van der Waals surface area contributed by atoms with Crippen molar-refractivity contribution < 1.29 is 18.3 Å². The molecule has 0 aromatic heterocycles. The third-order valence-corrected chi connectivity index (χ3v) is 2.93. The van der Waals surface area contributed by atoms with E-state index in [9.17, 15) is 13.6 Å². The molecule has 1 unspecified atom stereocenters. The van der Waals surface area contributed by atoms with Crippen molar-refractivity contribution in [3.05, 3.63) is 11.7 Å². The summed E-state index contributed by atoms with van der Waals surface area (Å²) >= 11 is 0. The third kappa shape index (κ3) is 1.24. The molecule has 0 bridgehead atoms. The standard InChI is InChI=1S/C9H10F2O2/c1-13-9(12)8-4-2-6(10)7(11)3-5(4)8/h4-5,8H,2-3H2,1H3/t4-,5+,8?. The van der Waals surface area contributed by atoms with Gasteiger partial charge in [0.05, 0.1) is 13.0 Å². The molecule has 0 aliphatic heterocycles. The molecule has 0 saturated heterocycles. The quantitative estimate of drug-likeness (QED) is 0.588. The van der Waals surface area contributed by atoms with Gasteiger partial charge in [0.2, 0.25) is 0 Å². The highest BCUT2D eigenvalue weighted by atomic mass is 19.2. The van der Waals surface area contributed by atoms with E-state index >= 15 is 0 Å². The van der Waals surface area contributed by atoms with Gasteiger partial charge in [0.15, 0.2) is 0 Å². The van der Waals surface area contributed by atoms with Crippen molar-refractivity contribution in [1.82, 2.24) is 0 Å². The summed E-state index contributed by atoms with van der Waals surface area (Å²) in [6, 6.07) is 0. The van der Waals surface area contributed by atoms with E-state index in [1.807, 2.05) is 0 Å². The zero-order valence-corrected chi connectivity index (χ0v) is 7.22. The van der Waals surface area contributed by atoms with E-state index < -0.39 is 11.7 Å². The molecule has 0 N–H and O–H groups in total. The van der Waals surface area contributed by atoms with Crippen molar-refractivity contribution >= 4 is 5.97 Å². The molecule has 4 heteroatoms. The molecule has 72 valence electrons. The van der Waals surface area contributed by atoms with Crippen LogP contribution in [0.25, 0.3) is 0 Å². The second kappa shape index (κ2) is 2.79. The van der Waals surface area contributed by atoms with Crippen LogP contribution in [-0.2, 0) is 9.53 Å². The van der Waals surface area contributed by atoms with Crippen LogP contribution >= 0.6 is 0 Å². The number of hydrogen-bond donors (Lipinski definition) is 0. The molecule has 0 heterocycles. The van der Waals surface area contributed by atoms with Crippen LogP contribution in [0.15, 0.2) is 11.7 Å². The summed E-state index contributed by atoms with van der Waals surface area (Å²) in [5.41, 5.74) is 0. The van der Waals surface area contributed by atoms with Gasteiger partial charge in [-0.15, -0.1) is 0 Å². The number of methoxy groups -OCH3 is 1. The summed E-state index contributed by atoms with van der Waals surface area (Å²) in [6.45, 7) is 0. The molecule has 3 atom stereocenters. The van der Waals surface area contributed by atoms with Crippen molar-refractivity contribution in [2.45, 2.75) is 12.8 Å². The van der Waals surface area contributed by atoms with Gasteiger partial charge >= 0.3 is 5.97 Å². The first-order valence-corrected chi connectivity index (χ1v) is 4.26. The van der Waals surface area contributed by atoms with Crippen molar-refractivity contribution in [2.75, 3.05) is 7.11 Å². The van der Waals surface area contributed by atoms with E-state index in [1.165, 1.54) is 7.11 Å². The van der Waals surface area contributed by atoms with Gasteiger partial charge in [0.25, 0.3) is 0 Å². The Labute approximate surface area is 74.6 Å². The maximum atomic E-state index is 12.7. The van der Waals surface area contributed by atoms with E-state index in [0.717, 1.165) is 0 Å². The molecule has 2 aliphatic carbocycles. The Hall–Kier alpha value is -0.930. The summed E-state index contributed by atoms with van der Waals surface area (Å²) in [7, 11) is 1.30. The van der Waals surface area contributed by atoms with Gasteiger partial charge in [-0.05, 0) is 11.8 Å². The highest BCUT2D eigenvalue weighted by Gasteiger charge is 2.58. The second-order valence-corrected chi connectivity index (χ2v) is 3.59. The van der Waals surface area contributed by atoms with Crippen LogP contribution < -0.4 is 0 Å². The molecule has 0 amide bonds. The summed E-state index contributed by atoms with van der Waals surface area (Å²) in [6.07, 6.45) is 0.131. The average Bonchev–Trinajstić information content (AvgIpc) is 2.77. The average molecular weight is 188 g/mol. The predicted molar refractivity (Wildman–Crippen MR) is 41.0 cm³/mol. The van der Waals surface area contributed by atoms with Crippen LogP contribution in [-0.4, -0.2) is 13.1 Å². The normalized spacial score (nSPS) is 37.0. The van der Waals surface area contributed by atoms with Crippen molar-refractivity contribution in [3.8, 4) is 0 Å². The first kappa shape index (κ1) is 8.66. The number of hydrogen-bond acceptors (Lipinski definition) is 2. The topological polar surface area (TPSA) is 26.3 Å². The Morgan fingerprint density at radius 2 is 1.77 bits per heavy atom. The van der Waals surface area contributed by atoms with Gasteiger partial charge in [0, 0.05) is 12.8 Å². The monoisotopic (exact) mass is 188 g/mol. The fraction of sp³-hybridized carbons (Fsp3) is 0.667. The molecule has 2 rings (SSSR count). The molecule has 0 radical (unpaired) electrons. The fourth-order valence-electron chi connectivity index (χ4n) is 2.12. The number of ether oxygens (including phenoxy) is 1. The Balaban J connectivity index is 2.04. The lowest BCUT2D eigenvalue weighted by molar-refractivity contribution is -0.142. The Morgan fingerprint density at radius 3 is 2.15 bits per heavy atom. The van der Waals surface area contributed by atoms with Gasteiger partial charge < -0.3 is 4.74 Å². The van der Waals surface area contributed by atoms with E-state index in [1.54, 1.807) is 0 Å². The first-order valence-electron chi connectivity index (χ1n) is 4.26. The number of carbonyl (C=O) groups excluding carboxylic acids is 1. The van der Waals surface area contributed by atoms with Crippen molar-refractivity contribution in [3.63, 3.8) is 0 Å². The van der Waals surface area contributed by atoms with E-state index in [4.69, 9.17) is 0 Å². The van der Waals surface area contributed by atoms with Crippen LogP contribution in [0.2, 0.25) is 0 Å². The first-order chi connectivity index (χ1) is 6.15. The Kier molecular flexibility index (Phi) is 1.86. The van der Waals surface area contributed by atoms with E-state index in [0.29, 0.717) is 0 Å². The molecule has 0 aromatic rings. The lowest BCUT2D eigenvalue weighted by Gasteiger charge is -2.04. The van der Waals surface area contributed by atoms with E-state index in [2.05, 4.69) is 4.74 Å². The van der Waals surface area contributed by atoms with Crippen LogP contribution in [0.5, 0.6) is 0 Å². The number of esters is 1. The highest BCUT2D eigenvalue weighted by Crippen LogP contribution is 2.57. The number of allylic oxidation sites excluding steroid dienone is 2. The van der Waals surface area contributed by atoms with Crippen LogP contribution in [0, 0.1) is 17.8 Å². The SMILES string of the molecule is COC(=O)C1[C@H]2CC(F)=C(F)C[C@@H]12. The summed E-state index contributed by atoms with van der Waals surface area (Å²) in [4.78, 5) is 11.1. The third-order valence-electron chi connectivity index (χ3n) is 2.93. The second-order valence-electron chi connectivity index (χ2n) is 3.59. The van der Waals surface area contributed by atoms with Gasteiger partial charge in [-0.3, -0.25) is 4.79 Å². The van der Waals surface area contributed by atoms with Gasteiger partial charge in [0.1, 0.15) is 11.7 Å². The summed E-state index contributed by atoms with van der Waals surface area (Å²) < 4.78 is 30.0. The molecule has 0 aromatic carbocycles. The van der Waals surface area contributed by atoms with Gasteiger partial charge in [-0.25, -0.2) is 8.78 Å². The van der Waals surface area contributed by atoms with Crippen LogP contribution in [0.3, 0.4) is 0 Å². The smallest absolute Gasteiger partial charge is 0.309 e. The van der Waals surface area contributed by atoms with E-state index in [-0.39, 0.29) is 36.6 Å². The number of rotatable bonds is 1. The largest absolute Gasteiger partial charge is 0.469 e. The summed E-state index contributed by atoms with van der Waals surface area (Å²) in [5.74, 6) is -2.03. The Bertz CT molecular complexity index is 265. The molecule has 2 nitrogen and oxygen atoms in total. The number of carbonyl (C=O) groups is 1. The molecular formula is C9H10F2O2. The summed E-state index contributed by atoms with van der Waals surface area (Å²) in [5, 5.41) is 0. The zero-order valence-electron chi connectivity index (χ0n) is 7.22. The highest BCUT2D eigenvalue weighted by molar-refractivity contribution is 5.76. The molecule has 1 fully saturated rings. The minimum atomic E-state index is -0.687. The predicted octanol–water partition coefficient (Wildman–Crippen LogP) is 1.97. The fourth-order valence-corrected chi connectivity index (χ4v) is 2.12. The minimum Gasteiger partial charge on any atom is -0.469 e. The molecule has 13 heavy (non-hydrogen) atoms. The zero-order chi connectivity index (χ0) is 9.59. The minimum absolute atomic E-state index is 0.0213. The lowest BCUT2D eigenvalue weighted by Crippen LogP contribution is -2.04. The van der Waals surface area contributed by atoms with Crippen molar-refractivity contribution in [1.29, 1.82) is 0 Å². The van der Waals surface area contributed by atoms with Crippen LogP contribution in [0.4, 0.5) is 8.78 Å². The van der Waals surface area contributed by atoms with Gasteiger partial charge in [-0.1, -0.05) is 0 Å². The molecule has 2 aliphatic rings. The number of fused-ring (bicyclic) bond motifs is 1. The van der Waals surface area contributed by atoms with Crippen molar-refractivity contribution in [2.24, 2.45) is 17.8 Å². The molecule has 1 saturated carbocycles.